The molecule has 1 saturated heterocycles. The van der Waals surface area contributed by atoms with Gasteiger partial charge < -0.3 is 9.64 Å². The Hall–Kier alpha value is -1.95. The third-order valence-corrected chi connectivity index (χ3v) is 7.08. The standard InChI is InChI=1S/C20H20BrFN4O3S2/c1-3-29-20(27)15-16(12-5-4-11(22)10-13(12)21)24-18(19-23-7-9-30-19)26-8-6-14(17(15)26)25-31(2)28/h4-5,7,9-10,14,16,25H,3,6,8H2,1-2H3/t14-,16-,31?/m0/s1. The van der Waals surface area contributed by atoms with Crippen molar-refractivity contribution in [1.29, 1.82) is 0 Å². The number of aromatic nitrogens is 1. The van der Waals surface area contributed by atoms with Crippen molar-refractivity contribution in [3.05, 3.63) is 61.9 Å². The number of aliphatic imine (C=N–C) groups is 1. The second-order valence-corrected chi connectivity index (χ2v) is 9.84. The lowest BCUT2D eigenvalue weighted by Crippen LogP contribution is -2.40. The molecule has 1 unspecified atom stereocenters. The van der Waals surface area contributed by atoms with Crippen LogP contribution < -0.4 is 4.72 Å². The number of nitrogens with zero attached hydrogens (tertiary/aromatic N) is 3. The van der Waals surface area contributed by atoms with Gasteiger partial charge in [0.25, 0.3) is 0 Å². The third-order valence-electron chi connectivity index (χ3n) is 5.00. The van der Waals surface area contributed by atoms with Gasteiger partial charge in [-0.25, -0.2) is 23.1 Å². The predicted octanol–water partition coefficient (Wildman–Crippen LogP) is 3.32. The number of nitrogens with one attached hydrogen (secondary N) is 1. The molecular weight excluding hydrogens is 507 g/mol. The smallest absolute Gasteiger partial charge is 0.338 e. The zero-order valence-corrected chi connectivity index (χ0v) is 20.0. The van der Waals surface area contributed by atoms with Crippen molar-refractivity contribution in [2.24, 2.45) is 4.99 Å². The Labute approximate surface area is 194 Å². The fraction of sp³-hybridized carbons (Fsp3) is 0.350. The van der Waals surface area contributed by atoms with Gasteiger partial charge in [-0.2, -0.15) is 0 Å². The van der Waals surface area contributed by atoms with Crippen LogP contribution in [-0.4, -0.2) is 51.3 Å². The first kappa shape index (κ1) is 22.3. The van der Waals surface area contributed by atoms with Gasteiger partial charge in [0, 0.05) is 28.9 Å². The van der Waals surface area contributed by atoms with Crippen LogP contribution in [0.5, 0.6) is 0 Å². The molecular formula is C20H20BrFN4O3S2. The SMILES string of the molecule is CCOC(=O)C1=C2[C@@H](NS(C)=O)CCN2C(c2nccs2)=N[C@H]1c1ccc(F)cc1Br. The van der Waals surface area contributed by atoms with E-state index in [0.29, 0.717) is 45.1 Å². The molecule has 0 amide bonds. The second kappa shape index (κ2) is 9.27. The highest BCUT2D eigenvalue weighted by Crippen LogP contribution is 2.42. The number of thiazole rings is 1. The van der Waals surface area contributed by atoms with Gasteiger partial charge in [0.05, 0.1) is 34.9 Å². The summed E-state index contributed by atoms with van der Waals surface area (Å²) >= 11 is 4.86. The lowest BCUT2D eigenvalue weighted by molar-refractivity contribution is -0.139. The van der Waals surface area contributed by atoms with Crippen LogP contribution >= 0.6 is 27.3 Å². The summed E-state index contributed by atoms with van der Waals surface area (Å²) in [5.74, 6) is -0.268. The molecule has 1 N–H and O–H groups in total. The Balaban J connectivity index is 1.94. The molecule has 3 atom stereocenters. The molecule has 11 heteroatoms. The van der Waals surface area contributed by atoms with Crippen molar-refractivity contribution in [2.45, 2.75) is 25.4 Å². The number of ether oxygens (including phenoxy) is 1. The van der Waals surface area contributed by atoms with Crippen LogP contribution in [0.15, 0.2) is 50.5 Å². The number of carbonyl (C=O) groups is 1. The highest BCUT2D eigenvalue weighted by molar-refractivity contribution is 9.10. The molecule has 0 bridgehead atoms. The fourth-order valence-electron chi connectivity index (χ4n) is 3.85. The molecule has 2 aliphatic rings. The number of hydrogen-bond acceptors (Lipinski definition) is 7. The molecule has 4 rings (SSSR count). The molecule has 3 heterocycles. The number of hydrogen-bond donors (Lipinski definition) is 1. The minimum Gasteiger partial charge on any atom is -0.463 e. The van der Waals surface area contributed by atoms with Crippen LogP contribution in [-0.2, 0) is 20.5 Å². The zero-order chi connectivity index (χ0) is 22.1. The number of amidine groups is 1. The summed E-state index contributed by atoms with van der Waals surface area (Å²) in [5, 5.41) is 2.57. The largest absolute Gasteiger partial charge is 0.463 e. The number of rotatable bonds is 6. The van der Waals surface area contributed by atoms with E-state index in [1.165, 1.54) is 23.5 Å². The molecule has 1 aromatic heterocycles. The van der Waals surface area contributed by atoms with Crippen LogP contribution in [0.2, 0.25) is 0 Å². The second-order valence-electron chi connectivity index (χ2n) is 6.94. The molecule has 31 heavy (non-hydrogen) atoms. The summed E-state index contributed by atoms with van der Waals surface area (Å²) < 4.78 is 34.7. The molecule has 7 nitrogen and oxygen atoms in total. The highest BCUT2D eigenvalue weighted by atomic mass is 79.9. The Morgan fingerprint density at radius 2 is 2.29 bits per heavy atom. The number of carbonyl (C=O) groups excluding carboxylic acids is 1. The Morgan fingerprint density at radius 3 is 2.94 bits per heavy atom. The van der Waals surface area contributed by atoms with E-state index in [0.717, 1.165) is 0 Å². The first-order valence-corrected chi connectivity index (χ1v) is 12.8. The van der Waals surface area contributed by atoms with Crippen LogP contribution in [0.4, 0.5) is 4.39 Å². The predicted molar refractivity (Wildman–Crippen MR) is 121 cm³/mol. The highest BCUT2D eigenvalue weighted by Gasteiger charge is 2.44. The average Bonchev–Trinajstić information content (AvgIpc) is 3.37. The van der Waals surface area contributed by atoms with Crippen LogP contribution in [0.25, 0.3) is 0 Å². The molecule has 0 saturated carbocycles. The van der Waals surface area contributed by atoms with E-state index in [1.807, 2.05) is 10.3 Å². The van der Waals surface area contributed by atoms with Crippen molar-refractivity contribution in [3.63, 3.8) is 0 Å². The van der Waals surface area contributed by atoms with Gasteiger partial charge in [-0.15, -0.1) is 11.3 Å². The topological polar surface area (TPSA) is 83.9 Å². The molecule has 164 valence electrons. The van der Waals surface area contributed by atoms with Gasteiger partial charge in [-0.1, -0.05) is 22.0 Å². The van der Waals surface area contributed by atoms with E-state index in [9.17, 15) is 13.4 Å². The minimum absolute atomic E-state index is 0.202. The molecule has 0 radical (unpaired) electrons. The minimum atomic E-state index is -1.29. The molecule has 1 fully saturated rings. The van der Waals surface area contributed by atoms with Gasteiger partial charge >= 0.3 is 5.97 Å². The van der Waals surface area contributed by atoms with Crippen molar-refractivity contribution >= 4 is 50.1 Å². The summed E-state index contributed by atoms with van der Waals surface area (Å²) in [6.45, 7) is 2.53. The van der Waals surface area contributed by atoms with Gasteiger partial charge in [-0.3, -0.25) is 4.99 Å². The van der Waals surface area contributed by atoms with E-state index >= 15 is 0 Å². The maximum Gasteiger partial charge on any atom is 0.338 e. The maximum absolute atomic E-state index is 13.8. The zero-order valence-electron chi connectivity index (χ0n) is 16.8. The number of halogens is 2. The van der Waals surface area contributed by atoms with Crippen molar-refractivity contribution in [3.8, 4) is 0 Å². The molecule has 2 aromatic rings. The Bertz CT molecular complexity index is 1090. The molecule has 0 spiro atoms. The van der Waals surface area contributed by atoms with E-state index in [-0.39, 0.29) is 12.6 Å². The van der Waals surface area contributed by atoms with Crippen LogP contribution in [0, 0.1) is 5.82 Å². The quantitative estimate of drug-likeness (QED) is 0.583. The van der Waals surface area contributed by atoms with Gasteiger partial charge in [0.2, 0.25) is 0 Å². The maximum atomic E-state index is 13.8. The first-order valence-electron chi connectivity index (χ1n) is 9.61. The summed E-state index contributed by atoms with van der Waals surface area (Å²) in [5.41, 5.74) is 1.67. The number of esters is 1. The van der Waals surface area contributed by atoms with Crippen molar-refractivity contribution in [2.75, 3.05) is 19.4 Å². The van der Waals surface area contributed by atoms with Gasteiger partial charge in [0.15, 0.2) is 10.8 Å². The first-order chi connectivity index (χ1) is 14.9. The summed E-state index contributed by atoms with van der Waals surface area (Å²) in [6, 6.07) is 3.24. The van der Waals surface area contributed by atoms with Crippen LogP contribution in [0.3, 0.4) is 0 Å². The number of benzene rings is 1. The normalized spacial score (nSPS) is 21.7. The fourth-order valence-corrected chi connectivity index (χ4v) is 5.68. The summed E-state index contributed by atoms with van der Waals surface area (Å²) in [7, 11) is -1.29. The summed E-state index contributed by atoms with van der Waals surface area (Å²) in [4.78, 5) is 24.4. The van der Waals surface area contributed by atoms with E-state index in [1.54, 1.807) is 25.4 Å². The molecule has 0 aliphatic carbocycles. The lowest BCUT2D eigenvalue weighted by Gasteiger charge is -2.33. The monoisotopic (exact) mass is 526 g/mol. The van der Waals surface area contributed by atoms with Crippen molar-refractivity contribution < 1.29 is 18.1 Å². The Morgan fingerprint density at radius 1 is 1.48 bits per heavy atom. The average molecular weight is 527 g/mol. The number of fused-ring (bicyclic) bond motifs is 1. The van der Waals surface area contributed by atoms with Gasteiger partial charge in [-0.05, 0) is 31.0 Å². The van der Waals surface area contributed by atoms with E-state index in [2.05, 4.69) is 25.6 Å². The molecule has 2 aliphatic heterocycles. The molecule has 1 aromatic carbocycles. The van der Waals surface area contributed by atoms with Crippen LogP contribution in [0.1, 0.15) is 30.0 Å². The van der Waals surface area contributed by atoms with E-state index in [4.69, 9.17) is 9.73 Å². The third kappa shape index (κ3) is 4.36. The summed E-state index contributed by atoms with van der Waals surface area (Å²) in [6.07, 6.45) is 3.89. The van der Waals surface area contributed by atoms with Gasteiger partial charge in [0.1, 0.15) is 11.9 Å². The lowest BCUT2D eigenvalue weighted by atomic mass is 9.93. The van der Waals surface area contributed by atoms with Crippen molar-refractivity contribution in [1.82, 2.24) is 14.6 Å². The Kier molecular flexibility index (Phi) is 6.65. The van der Waals surface area contributed by atoms with E-state index < -0.39 is 28.8 Å².